The lowest BCUT2D eigenvalue weighted by Gasteiger charge is -2.25. The summed E-state index contributed by atoms with van der Waals surface area (Å²) in [4.78, 5) is 12.1. The van der Waals surface area contributed by atoms with E-state index in [1.54, 1.807) is 6.07 Å². The number of hydrogen-bond acceptors (Lipinski definition) is 2. The Balaban J connectivity index is 1.79. The van der Waals surface area contributed by atoms with Gasteiger partial charge in [-0.2, -0.15) is 0 Å². The Morgan fingerprint density at radius 1 is 1.26 bits per heavy atom. The number of carbonyl (C=O) groups is 1. The summed E-state index contributed by atoms with van der Waals surface area (Å²) < 4.78 is 5.36. The van der Waals surface area contributed by atoms with Gasteiger partial charge in [0.1, 0.15) is 5.76 Å². The molecule has 1 aromatic heterocycles. The molecule has 0 unspecified atom stereocenters. The van der Waals surface area contributed by atoms with Crippen molar-refractivity contribution in [2.24, 2.45) is 0 Å². The number of nitrogens with one attached hydrogen (secondary N) is 1. The van der Waals surface area contributed by atoms with Gasteiger partial charge < -0.3 is 9.73 Å². The number of benzene rings is 1. The normalized spacial score (nSPS) is 17.8. The molecule has 0 bridgehead atoms. The van der Waals surface area contributed by atoms with E-state index < -0.39 is 0 Å². The van der Waals surface area contributed by atoms with Crippen molar-refractivity contribution in [1.82, 2.24) is 5.32 Å². The van der Waals surface area contributed by atoms with Crippen LogP contribution in [0.1, 0.15) is 46.3 Å². The first-order valence-electron chi connectivity index (χ1n) is 6.69. The van der Waals surface area contributed by atoms with Crippen molar-refractivity contribution in [3.8, 4) is 0 Å². The Hall–Kier alpha value is -2.03. The van der Waals surface area contributed by atoms with Crippen molar-refractivity contribution < 1.29 is 9.21 Å². The minimum absolute atomic E-state index is 0.0999. The SMILES string of the molecule is Cc1ccc(C(=O)N[C@@H]2CCCc3ccccc32)o1. The number of fused-ring (bicyclic) bond motifs is 1. The first kappa shape index (κ1) is 12.0. The summed E-state index contributed by atoms with van der Waals surface area (Å²) >= 11 is 0. The lowest BCUT2D eigenvalue weighted by Crippen LogP contribution is -2.30. The Labute approximate surface area is 112 Å². The summed E-state index contributed by atoms with van der Waals surface area (Å²) in [5.41, 5.74) is 2.58. The van der Waals surface area contributed by atoms with E-state index in [1.165, 1.54) is 11.1 Å². The smallest absolute Gasteiger partial charge is 0.287 e. The van der Waals surface area contributed by atoms with Crippen molar-refractivity contribution in [3.05, 3.63) is 59.0 Å². The summed E-state index contributed by atoms with van der Waals surface area (Å²) in [6, 6.07) is 12.0. The summed E-state index contributed by atoms with van der Waals surface area (Å²) in [7, 11) is 0. The number of aryl methyl sites for hydroxylation is 2. The maximum absolute atomic E-state index is 12.1. The zero-order valence-electron chi connectivity index (χ0n) is 11.0. The van der Waals surface area contributed by atoms with Crippen molar-refractivity contribution >= 4 is 5.91 Å². The van der Waals surface area contributed by atoms with Crippen molar-refractivity contribution in [2.75, 3.05) is 0 Å². The second-order valence-electron chi connectivity index (χ2n) is 5.03. The van der Waals surface area contributed by atoms with Gasteiger partial charge >= 0.3 is 0 Å². The van der Waals surface area contributed by atoms with Crippen LogP contribution < -0.4 is 5.32 Å². The fourth-order valence-corrected chi connectivity index (χ4v) is 2.69. The molecule has 2 aromatic rings. The predicted molar refractivity (Wildman–Crippen MR) is 73.0 cm³/mol. The molecule has 98 valence electrons. The van der Waals surface area contributed by atoms with Crippen LogP contribution in [0.2, 0.25) is 0 Å². The number of furan rings is 1. The van der Waals surface area contributed by atoms with E-state index in [0.717, 1.165) is 25.0 Å². The molecule has 0 spiro atoms. The van der Waals surface area contributed by atoms with Gasteiger partial charge in [-0.1, -0.05) is 24.3 Å². The van der Waals surface area contributed by atoms with Crippen LogP contribution in [0.5, 0.6) is 0 Å². The maximum Gasteiger partial charge on any atom is 0.287 e. The topological polar surface area (TPSA) is 42.2 Å². The minimum Gasteiger partial charge on any atom is -0.456 e. The number of amides is 1. The molecule has 1 aliphatic carbocycles. The van der Waals surface area contributed by atoms with Gasteiger partial charge in [0.15, 0.2) is 5.76 Å². The van der Waals surface area contributed by atoms with E-state index in [-0.39, 0.29) is 11.9 Å². The minimum atomic E-state index is -0.130. The van der Waals surface area contributed by atoms with Crippen LogP contribution in [-0.4, -0.2) is 5.91 Å². The highest BCUT2D eigenvalue weighted by Crippen LogP contribution is 2.29. The lowest BCUT2D eigenvalue weighted by molar-refractivity contribution is 0.0903. The fourth-order valence-electron chi connectivity index (χ4n) is 2.69. The zero-order valence-corrected chi connectivity index (χ0v) is 11.0. The molecule has 0 fully saturated rings. The van der Waals surface area contributed by atoms with Gasteiger partial charge in [0.05, 0.1) is 6.04 Å². The molecule has 0 saturated heterocycles. The first-order chi connectivity index (χ1) is 9.24. The second kappa shape index (κ2) is 4.92. The van der Waals surface area contributed by atoms with E-state index >= 15 is 0 Å². The van der Waals surface area contributed by atoms with Crippen LogP contribution in [0.3, 0.4) is 0 Å². The molecule has 1 atom stereocenters. The van der Waals surface area contributed by atoms with E-state index in [0.29, 0.717) is 5.76 Å². The molecule has 0 aliphatic heterocycles. The summed E-state index contributed by atoms with van der Waals surface area (Å²) in [5.74, 6) is 1.02. The van der Waals surface area contributed by atoms with Gasteiger partial charge in [-0.15, -0.1) is 0 Å². The standard InChI is InChI=1S/C16H17NO2/c1-11-9-10-15(19-11)16(18)17-14-8-4-6-12-5-2-3-7-13(12)14/h2-3,5,7,9-10,14H,4,6,8H2,1H3,(H,17,18)/t14-/m1/s1. The quantitative estimate of drug-likeness (QED) is 0.893. The maximum atomic E-state index is 12.1. The summed E-state index contributed by atoms with van der Waals surface area (Å²) in [6.45, 7) is 1.84. The van der Waals surface area contributed by atoms with Crippen LogP contribution in [0.25, 0.3) is 0 Å². The zero-order chi connectivity index (χ0) is 13.2. The van der Waals surface area contributed by atoms with Crippen LogP contribution >= 0.6 is 0 Å². The van der Waals surface area contributed by atoms with E-state index in [2.05, 4.69) is 23.5 Å². The van der Waals surface area contributed by atoms with Crippen LogP contribution in [0.15, 0.2) is 40.8 Å². The highest BCUT2D eigenvalue weighted by Gasteiger charge is 2.22. The van der Waals surface area contributed by atoms with Crippen LogP contribution in [0.4, 0.5) is 0 Å². The van der Waals surface area contributed by atoms with Gasteiger partial charge in [-0.05, 0) is 49.4 Å². The largest absolute Gasteiger partial charge is 0.456 e. The fraction of sp³-hybridized carbons (Fsp3) is 0.312. The summed E-state index contributed by atoms with van der Waals surface area (Å²) in [6.07, 6.45) is 3.20. The van der Waals surface area contributed by atoms with Crippen molar-refractivity contribution in [3.63, 3.8) is 0 Å². The van der Waals surface area contributed by atoms with E-state index in [9.17, 15) is 4.79 Å². The number of carbonyl (C=O) groups excluding carboxylic acids is 1. The molecule has 3 heteroatoms. The Morgan fingerprint density at radius 3 is 2.89 bits per heavy atom. The molecular formula is C16H17NO2. The predicted octanol–water partition coefficient (Wildman–Crippen LogP) is 3.40. The van der Waals surface area contributed by atoms with Gasteiger partial charge in [-0.3, -0.25) is 4.79 Å². The third-order valence-electron chi connectivity index (χ3n) is 3.64. The first-order valence-corrected chi connectivity index (χ1v) is 6.69. The van der Waals surface area contributed by atoms with Gasteiger partial charge in [0, 0.05) is 0 Å². The van der Waals surface area contributed by atoms with Gasteiger partial charge in [0.25, 0.3) is 5.91 Å². The van der Waals surface area contributed by atoms with Gasteiger partial charge in [0.2, 0.25) is 0 Å². The molecule has 3 rings (SSSR count). The lowest BCUT2D eigenvalue weighted by atomic mass is 9.88. The monoisotopic (exact) mass is 255 g/mol. The molecular weight excluding hydrogens is 238 g/mol. The van der Waals surface area contributed by atoms with Crippen LogP contribution in [0, 0.1) is 6.92 Å². The third-order valence-corrected chi connectivity index (χ3v) is 3.64. The highest BCUT2D eigenvalue weighted by atomic mass is 16.3. The average molecular weight is 255 g/mol. The van der Waals surface area contributed by atoms with E-state index in [1.807, 2.05) is 19.1 Å². The van der Waals surface area contributed by atoms with Crippen molar-refractivity contribution in [1.29, 1.82) is 0 Å². The number of hydrogen-bond donors (Lipinski definition) is 1. The van der Waals surface area contributed by atoms with Gasteiger partial charge in [-0.25, -0.2) is 0 Å². The Kier molecular flexibility index (Phi) is 3.11. The molecule has 3 nitrogen and oxygen atoms in total. The molecule has 1 aliphatic rings. The molecule has 1 heterocycles. The van der Waals surface area contributed by atoms with Crippen molar-refractivity contribution in [2.45, 2.75) is 32.2 Å². The molecule has 1 N–H and O–H groups in total. The molecule has 1 amide bonds. The summed E-state index contributed by atoms with van der Waals surface area (Å²) in [5, 5.41) is 3.07. The number of rotatable bonds is 2. The third kappa shape index (κ3) is 2.41. The Morgan fingerprint density at radius 2 is 2.11 bits per heavy atom. The molecule has 0 saturated carbocycles. The van der Waals surface area contributed by atoms with E-state index in [4.69, 9.17) is 4.42 Å². The highest BCUT2D eigenvalue weighted by molar-refractivity contribution is 5.91. The van der Waals surface area contributed by atoms with Crippen LogP contribution in [-0.2, 0) is 6.42 Å². The Bertz CT molecular complexity index is 600. The molecule has 1 aromatic carbocycles. The molecule has 19 heavy (non-hydrogen) atoms. The average Bonchev–Trinajstić information content (AvgIpc) is 2.86. The second-order valence-corrected chi connectivity index (χ2v) is 5.03. The molecule has 0 radical (unpaired) electrons.